The third kappa shape index (κ3) is 5.39. The van der Waals surface area contributed by atoms with E-state index in [2.05, 4.69) is 4.72 Å². The SMILES string of the molecule is CCCCS(=O)(=O)NC(C)c1ccc(S(=O)(=O)Cl)s1. The molecule has 0 radical (unpaired) electrons. The Morgan fingerprint density at radius 2 is 1.95 bits per heavy atom. The van der Waals surface area contributed by atoms with Crippen molar-refractivity contribution >= 4 is 41.1 Å². The quantitative estimate of drug-likeness (QED) is 0.770. The minimum atomic E-state index is -3.76. The van der Waals surface area contributed by atoms with Gasteiger partial charge in [0, 0.05) is 15.6 Å². The van der Waals surface area contributed by atoms with Crippen molar-refractivity contribution in [3.8, 4) is 0 Å². The van der Waals surface area contributed by atoms with Crippen LogP contribution in [0.4, 0.5) is 0 Å². The molecule has 1 rings (SSSR count). The molecular weight excluding hydrogens is 330 g/mol. The molecule has 1 aromatic rings. The van der Waals surface area contributed by atoms with E-state index in [1.165, 1.54) is 6.07 Å². The second-order valence-electron chi connectivity index (χ2n) is 4.11. The highest BCUT2D eigenvalue weighted by Gasteiger charge is 2.19. The van der Waals surface area contributed by atoms with E-state index in [1.54, 1.807) is 13.0 Å². The smallest absolute Gasteiger partial charge is 0.212 e. The zero-order valence-electron chi connectivity index (χ0n) is 10.6. The standard InChI is InChI=1S/C10H16ClNO4S3/c1-3-4-7-18(13,14)12-8(2)9-5-6-10(17-9)19(11,15)16/h5-6,8,12H,3-4,7H2,1-2H3. The highest BCUT2D eigenvalue weighted by Crippen LogP contribution is 2.29. The Morgan fingerprint density at radius 1 is 1.32 bits per heavy atom. The second kappa shape index (κ2) is 6.53. The first kappa shape index (κ1) is 16.9. The molecule has 0 spiro atoms. The Hall–Kier alpha value is -0.150. The van der Waals surface area contributed by atoms with E-state index in [1.807, 2.05) is 6.92 Å². The van der Waals surface area contributed by atoms with Crippen molar-refractivity contribution in [2.75, 3.05) is 5.75 Å². The zero-order valence-corrected chi connectivity index (χ0v) is 13.8. The van der Waals surface area contributed by atoms with Crippen molar-refractivity contribution in [1.29, 1.82) is 0 Å². The van der Waals surface area contributed by atoms with Crippen molar-refractivity contribution in [2.24, 2.45) is 0 Å². The van der Waals surface area contributed by atoms with Gasteiger partial charge in [0.1, 0.15) is 4.21 Å². The van der Waals surface area contributed by atoms with Gasteiger partial charge in [-0.25, -0.2) is 21.6 Å². The fraction of sp³-hybridized carbons (Fsp3) is 0.600. The van der Waals surface area contributed by atoms with Gasteiger partial charge in [0.05, 0.1) is 11.8 Å². The van der Waals surface area contributed by atoms with Crippen LogP contribution in [0.2, 0.25) is 0 Å². The Kier molecular flexibility index (Phi) is 5.81. The lowest BCUT2D eigenvalue weighted by atomic mass is 10.3. The van der Waals surface area contributed by atoms with Crippen LogP contribution >= 0.6 is 22.0 Å². The monoisotopic (exact) mass is 345 g/mol. The van der Waals surface area contributed by atoms with E-state index in [9.17, 15) is 16.8 Å². The van der Waals surface area contributed by atoms with Gasteiger partial charge in [0.2, 0.25) is 10.0 Å². The summed E-state index contributed by atoms with van der Waals surface area (Å²) in [6.07, 6.45) is 1.39. The third-order valence-corrected chi connectivity index (χ3v) is 7.29. The molecule has 0 aliphatic heterocycles. The maximum Gasteiger partial charge on any atom is 0.270 e. The molecule has 110 valence electrons. The minimum Gasteiger partial charge on any atom is -0.212 e. The summed E-state index contributed by atoms with van der Waals surface area (Å²) >= 11 is 0.966. The molecule has 19 heavy (non-hydrogen) atoms. The van der Waals surface area contributed by atoms with Gasteiger partial charge < -0.3 is 0 Å². The first-order valence-electron chi connectivity index (χ1n) is 5.70. The van der Waals surface area contributed by atoms with Gasteiger partial charge in [-0.15, -0.1) is 11.3 Å². The maximum absolute atomic E-state index is 11.7. The lowest BCUT2D eigenvalue weighted by molar-refractivity contribution is 0.565. The van der Waals surface area contributed by atoms with Crippen LogP contribution in [0.15, 0.2) is 16.3 Å². The number of hydrogen-bond donors (Lipinski definition) is 1. The Morgan fingerprint density at radius 3 is 2.42 bits per heavy atom. The van der Waals surface area contributed by atoms with E-state index in [-0.39, 0.29) is 9.96 Å². The predicted octanol–water partition coefficient (Wildman–Crippen LogP) is 2.46. The predicted molar refractivity (Wildman–Crippen MR) is 77.6 cm³/mol. The summed E-state index contributed by atoms with van der Waals surface area (Å²) in [6, 6.07) is 2.46. The Balaban J connectivity index is 2.79. The Bertz CT molecular complexity index is 621. The molecule has 9 heteroatoms. The van der Waals surface area contributed by atoms with E-state index in [0.717, 1.165) is 17.8 Å². The number of halogens is 1. The first-order chi connectivity index (χ1) is 8.65. The molecule has 1 heterocycles. The molecular formula is C10H16ClNO4S3. The number of rotatable bonds is 7. The molecule has 1 aromatic heterocycles. The van der Waals surface area contributed by atoms with Gasteiger partial charge in [-0.05, 0) is 25.5 Å². The van der Waals surface area contributed by atoms with Gasteiger partial charge in [-0.1, -0.05) is 13.3 Å². The average molecular weight is 346 g/mol. The van der Waals surface area contributed by atoms with E-state index < -0.39 is 25.1 Å². The van der Waals surface area contributed by atoms with Crippen LogP contribution in [0.5, 0.6) is 0 Å². The van der Waals surface area contributed by atoms with Gasteiger partial charge >= 0.3 is 0 Å². The highest BCUT2D eigenvalue weighted by molar-refractivity contribution is 8.15. The van der Waals surface area contributed by atoms with Crippen LogP contribution in [0.1, 0.15) is 37.6 Å². The molecule has 0 aliphatic rings. The molecule has 0 bridgehead atoms. The second-order valence-corrected chi connectivity index (χ2v) is 9.89. The van der Waals surface area contributed by atoms with Crippen molar-refractivity contribution in [2.45, 2.75) is 36.9 Å². The number of unbranched alkanes of at least 4 members (excludes halogenated alkanes) is 1. The van der Waals surface area contributed by atoms with Crippen LogP contribution in [0.3, 0.4) is 0 Å². The lowest BCUT2D eigenvalue weighted by Crippen LogP contribution is -2.28. The molecule has 0 aliphatic carbocycles. The summed E-state index contributed by atoms with van der Waals surface area (Å²) in [4.78, 5) is 0.610. The summed E-state index contributed by atoms with van der Waals surface area (Å²) < 4.78 is 48.3. The summed E-state index contributed by atoms with van der Waals surface area (Å²) in [6.45, 7) is 3.58. The highest BCUT2D eigenvalue weighted by atomic mass is 35.7. The number of thiophene rings is 1. The topological polar surface area (TPSA) is 80.3 Å². The lowest BCUT2D eigenvalue weighted by Gasteiger charge is -2.12. The van der Waals surface area contributed by atoms with Crippen LogP contribution in [0.25, 0.3) is 0 Å². The molecule has 1 atom stereocenters. The molecule has 1 unspecified atom stereocenters. The van der Waals surface area contributed by atoms with Crippen molar-refractivity contribution in [1.82, 2.24) is 4.72 Å². The summed E-state index contributed by atoms with van der Waals surface area (Å²) in [5.74, 6) is 0.0693. The average Bonchev–Trinajstić information content (AvgIpc) is 2.74. The molecule has 0 saturated heterocycles. The molecule has 1 N–H and O–H groups in total. The molecule has 0 aromatic carbocycles. The van der Waals surface area contributed by atoms with Crippen molar-refractivity contribution < 1.29 is 16.8 Å². The summed E-state index contributed by atoms with van der Waals surface area (Å²) in [7, 11) is -1.88. The number of nitrogens with one attached hydrogen (secondary N) is 1. The largest absolute Gasteiger partial charge is 0.270 e. The fourth-order valence-electron chi connectivity index (χ4n) is 1.42. The summed E-state index contributed by atoms with van der Waals surface area (Å²) in [5.41, 5.74) is 0. The van der Waals surface area contributed by atoms with Gasteiger partial charge in [0.15, 0.2) is 0 Å². The van der Waals surface area contributed by atoms with E-state index >= 15 is 0 Å². The molecule has 5 nitrogen and oxygen atoms in total. The van der Waals surface area contributed by atoms with Gasteiger partial charge in [-0.2, -0.15) is 0 Å². The van der Waals surface area contributed by atoms with Crippen molar-refractivity contribution in [3.63, 3.8) is 0 Å². The number of hydrogen-bond acceptors (Lipinski definition) is 5. The normalized spacial score (nSPS) is 14.5. The van der Waals surface area contributed by atoms with Crippen LogP contribution in [-0.4, -0.2) is 22.6 Å². The molecule has 0 fully saturated rings. The van der Waals surface area contributed by atoms with Gasteiger partial charge in [0.25, 0.3) is 9.05 Å². The maximum atomic E-state index is 11.7. The first-order valence-corrected chi connectivity index (χ1v) is 10.5. The Labute approximate surface area is 122 Å². The van der Waals surface area contributed by atoms with Gasteiger partial charge in [-0.3, -0.25) is 0 Å². The summed E-state index contributed by atoms with van der Waals surface area (Å²) in [5, 5.41) is 0. The van der Waals surface area contributed by atoms with Crippen LogP contribution in [0, 0.1) is 0 Å². The van der Waals surface area contributed by atoms with Crippen LogP contribution in [-0.2, 0) is 19.1 Å². The minimum absolute atomic E-state index is 0.0174. The molecule has 0 amide bonds. The van der Waals surface area contributed by atoms with Crippen LogP contribution < -0.4 is 4.72 Å². The van der Waals surface area contributed by atoms with E-state index in [4.69, 9.17) is 10.7 Å². The number of sulfonamides is 1. The van der Waals surface area contributed by atoms with E-state index in [0.29, 0.717) is 11.3 Å². The third-order valence-electron chi connectivity index (χ3n) is 2.39. The molecule has 0 saturated carbocycles. The van der Waals surface area contributed by atoms with Crippen molar-refractivity contribution in [3.05, 3.63) is 17.0 Å². The zero-order chi connectivity index (χ0) is 14.7. The fourth-order valence-corrected chi connectivity index (χ4v) is 5.04.